The van der Waals surface area contributed by atoms with Gasteiger partial charge in [-0.1, -0.05) is 12.1 Å². The molecule has 0 unspecified atom stereocenters. The van der Waals surface area contributed by atoms with E-state index in [2.05, 4.69) is 0 Å². The maximum absolute atomic E-state index is 13.6. The molecule has 1 rings (SSSR count). The highest BCUT2D eigenvalue weighted by molar-refractivity contribution is 5.85. The number of nitrogens with two attached hydrogens (primary N) is 1. The molecule has 0 aliphatic rings. The molecule has 0 fully saturated rings. The number of benzene rings is 1. The van der Waals surface area contributed by atoms with E-state index in [0.717, 1.165) is 12.1 Å². The molecule has 2 N–H and O–H groups in total. The molecule has 0 aliphatic carbocycles. The summed E-state index contributed by atoms with van der Waals surface area (Å²) in [6.45, 7) is 0. The van der Waals surface area contributed by atoms with E-state index in [9.17, 15) is 30.7 Å². The van der Waals surface area contributed by atoms with Crippen molar-refractivity contribution in [3.63, 3.8) is 0 Å². The Morgan fingerprint density at radius 3 is 2.05 bits per heavy atom. The molecule has 1 aromatic carbocycles. The minimum Gasteiger partial charge on any atom is -0.324 e. The molecule has 1 nitrogen and oxygen atoms in total. The first-order valence-corrected chi connectivity index (χ1v) is 5.20. The fraction of sp³-hybridized carbons (Fsp3) is 0.455. The van der Waals surface area contributed by atoms with Crippen LogP contribution in [0, 0.1) is 5.82 Å². The van der Waals surface area contributed by atoms with Crippen molar-refractivity contribution in [1.82, 2.24) is 0 Å². The Morgan fingerprint density at radius 2 is 1.60 bits per heavy atom. The molecule has 0 heterocycles. The highest BCUT2D eigenvalue weighted by Gasteiger charge is 2.36. The summed E-state index contributed by atoms with van der Waals surface area (Å²) in [6, 6.07) is 0.930. The topological polar surface area (TPSA) is 26.0 Å². The highest BCUT2D eigenvalue weighted by atomic mass is 35.5. The fourth-order valence-electron chi connectivity index (χ4n) is 1.53. The van der Waals surface area contributed by atoms with Gasteiger partial charge < -0.3 is 5.73 Å². The van der Waals surface area contributed by atoms with Crippen molar-refractivity contribution in [2.24, 2.45) is 5.73 Å². The zero-order chi connectivity index (χ0) is 14.8. The van der Waals surface area contributed by atoms with Gasteiger partial charge in [0.2, 0.25) is 0 Å². The average molecular weight is 326 g/mol. The minimum absolute atomic E-state index is 0. The van der Waals surface area contributed by atoms with Crippen molar-refractivity contribution >= 4 is 12.4 Å². The van der Waals surface area contributed by atoms with Gasteiger partial charge in [0.1, 0.15) is 5.82 Å². The molecule has 0 spiro atoms. The van der Waals surface area contributed by atoms with Crippen LogP contribution in [-0.4, -0.2) is 6.18 Å². The van der Waals surface area contributed by atoms with Crippen molar-refractivity contribution in [1.29, 1.82) is 0 Å². The summed E-state index contributed by atoms with van der Waals surface area (Å²) in [4.78, 5) is 0. The molecule has 0 saturated heterocycles. The van der Waals surface area contributed by atoms with E-state index in [1.54, 1.807) is 0 Å². The third-order valence-corrected chi connectivity index (χ3v) is 2.47. The molecule has 20 heavy (non-hydrogen) atoms. The monoisotopic (exact) mass is 325 g/mol. The zero-order valence-corrected chi connectivity index (χ0v) is 10.7. The Kier molecular flexibility index (Phi) is 6.28. The van der Waals surface area contributed by atoms with E-state index in [0.29, 0.717) is 6.07 Å². The lowest BCUT2D eigenvalue weighted by Crippen LogP contribution is -2.19. The number of hydrogen-bond donors (Lipinski definition) is 1. The first-order chi connectivity index (χ1) is 8.52. The van der Waals surface area contributed by atoms with Crippen LogP contribution in [0.25, 0.3) is 0 Å². The summed E-state index contributed by atoms with van der Waals surface area (Å²) in [6.07, 6.45) is -11.4. The van der Waals surface area contributed by atoms with Crippen molar-refractivity contribution in [3.8, 4) is 0 Å². The van der Waals surface area contributed by atoms with Gasteiger partial charge in [-0.15, -0.1) is 12.4 Å². The third-order valence-electron chi connectivity index (χ3n) is 2.47. The van der Waals surface area contributed by atoms with E-state index < -0.39 is 48.2 Å². The second kappa shape index (κ2) is 6.62. The Hall–Kier alpha value is -1.02. The number of alkyl halides is 6. The third kappa shape index (κ3) is 5.16. The largest absolute Gasteiger partial charge is 0.419 e. The molecule has 9 heteroatoms. The molecule has 0 radical (unpaired) electrons. The van der Waals surface area contributed by atoms with Crippen molar-refractivity contribution in [3.05, 3.63) is 35.1 Å². The predicted octanol–water partition coefficient (Wildman–Crippen LogP) is 4.61. The van der Waals surface area contributed by atoms with Gasteiger partial charge in [-0.05, 0) is 12.5 Å². The van der Waals surface area contributed by atoms with Crippen molar-refractivity contribution in [2.75, 3.05) is 0 Å². The maximum Gasteiger partial charge on any atom is 0.419 e. The molecule has 0 amide bonds. The van der Waals surface area contributed by atoms with E-state index in [1.165, 1.54) is 0 Å². The van der Waals surface area contributed by atoms with Crippen LogP contribution >= 0.6 is 12.4 Å². The van der Waals surface area contributed by atoms with Crippen LogP contribution in [0.4, 0.5) is 30.7 Å². The van der Waals surface area contributed by atoms with Crippen LogP contribution in [0.1, 0.15) is 30.0 Å². The first kappa shape index (κ1) is 19.0. The Bertz CT molecular complexity index is 441. The standard InChI is InChI=1S/C11H10F7N.ClH/c12-9-6(8(19)4-5-10(13,14)15)2-1-3-7(9)11(16,17)18;/h1-3,8H,4-5,19H2;1H/t8-;/m1./s1. The number of hydrogen-bond acceptors (Lipinski definition) is 1. The SMILES string of the molecule is Cl.N[C@H](CCC(F)(F)F)c1cccc(C(F)(F)F)c1F. The quantitative estimate of drug-likeness (QED) is 0.807. The molecule has 116 valence electrons. The van der Waals surface area contributed by atoms with Gasteiger partial charge in [0.25, 0.3) is 0 Å². The summed E-state index contributed by atoms with van der Waals surface area (Å²) in [7, 11) is 0. The highest BCUT2D eigenvalue weighted by Crippen LogP contribution is 2.35. The van der Waals surface area contributed by atoms with Crippen LogP contribution in [0.2, 0.25) is 0 Å². The van der Waals surface area contributed by atoms with Crippen LogP contribution < -0.4 is 5.73 Å². The van der Waals surface area contributed by atoms with Gasteiger partial charge >= 0.3 is 12.4 Å². The maximum atomic E-state index is 13.6. The first-order valence-electron chi connectivity index (χ1n) is 5.20. The van der Waals surface area contributed by atoms with Gasteiger partial charge in [-0.25, -0.2) is 4.39 Å². The van der Waals surface area contributed by atoms with E-state index in [1.807, 2.05) is 0 Å². The summed E-state index contributed by atoms with van der Waals surface area (Å²) < 4.78 is 86.7. The summed E-state index contributed by atoms with van der Waals surface area (Å²) in [5, 5.41) is 0. The lowest BCUT2D eigenvalue weighted by molar-refractivity contribution is -0.140. The number of rotatable bonds is 3. The molecule has 0 aromatic heterocycles. The van der Waals surface area contributed by atoms with Crippen molar-refractivity contribution in [2.45, 2.75) is 31.2 Å². The Morgan fingerprint density at radius 1 is 1.05 bits per heavy atom. The number of halogens is 8. The van der Waals surface area contributed by atoms with Crippen LogP contribution in [0.5, 0.6) is 0 Å². The molecule has 0 bridgehead atoms. The fourth-order valence-corrected chi connectivity index (χ4v) is 1.53. The minimum atomic E-state index is -4.91. The van der Waals surface area contributed by atoms with Gasteiger partial charge in [0.05, 0.1) is 5.56 Å². The van der Waals surface area contributed by atoms with Crippen LogP contribution in [0.3, 0.4) is 0 Å². The predicted molar refractivity (Wildman–Crippen MR) is 60.9 cm³/mol. The molecular formula is C11H11ClF7N. The van der Waals surface area contributed by atoms with E-state index in [-0.39, 0.29) is 12.4 Å². The normalized spacial score (nSPS) is 13.8. The molecule has 1 atom stereocenters. The van der Waals surface area contributed by atoms with Gasteiger partial charge in [-0.3, -0.25) is 0 Å². The molecule has 1 aromatic rings. The Labute approximate surface area is 116 Å². The second-order valence-corrected chi connectivity index (χ2v) is 3.97. The van der Waals surface area contributed by atoms with Gasteiger partial charge in [-0.2, -0.15) is 26.3 Å². The zero-order valence-electron chi connectivity index (χ0n) is 9.85. The van der Waals surface area contributed by atoms with Crippen LogP contribution in [0.15, 0.2) is 18.2 Å². The lowest BCUT2D eigenvalue weighted by atomic mass is 9.99. The summed E-state index contributed by atoms with van der Waals surface area (Å²) in [5.74, 6) is -1.62. The summed E-state index contributed by atoms with van der Waals surface area (Å²) in [5.41, 5.74) is 3.20. The van der Waals surface area contributed by atoms with E-state index in [4.69, 9.17) is 5.73 Å². The smallest absolute Gasteiger partial charge is 0.324 e. The van der Waals surface area contributed by atoms with E-state index >= 15 is 0 Å². The molecule has 0 aliphatic heterocycles. The van der Waals surface area contributed by atoms with Gasteiger partial charge in [0, 0.05) is 18.0 Å². The van der Waals surface area contributed by atoms with Gasteiger partial charge in [0.15, 0.2) is 0 Å². The van der Waals surface area contributed by atoms with Crippen molar-refractivity contribution < 1.29 is 30.7 Å². The lowest BCUT2D eigenvalue weighted by Gasteiger charge is -2.17. The molecule has 0 saturated carbocycles. The summed E-state index contributed by atoms with van der Waals surface area (Å²) >= 11 is 0. The second-order valence-electron chi connectivity index (χ2n) is 3.97. The Balaban J connectivity index is 0.00000361. The molecular weight excluding hydrogens is 315 g/mol. The van der Waals surface area contributed by atoms with Crippen LogP contribution in [-0.2, 0) is 6.18 Å². The average Bonchev–Trinajstić information content (AvgIpc) is 2.23.